The number of hydrogen-bond acceptors (Lipinski definition) is 1. The summed E-state index contributed by atoms with van der Waals surface area (Å²) in [6.07, 6.45) is 0. The van der Waals surface area contributed by atoms with Crippen molar-refractivity contribution in [3.05, 3.63) is 30.3 Å². The molecule has 0 aliphatic heterocycles. The van der Waals surface area contributed by atoms with Crippen LogP contribution in [0.25, 0.3) is 0 Å². The van der Waals surface area contributed by atoms with E-state index in [-0.39, 0.29) is 26.2 Å². The van der Waals surface area contributed by atoms with E-state index in [1.54, 1.807) is 24.3 Å². The second-order valence-electron chi connectivity index (χ2n) is 1.34. The third kappa shape index (κ3) is 2.27. The van der Waals surface area contributed by atoms with Gasteiger partial charge < -0.3 is 5.11 Å². The Morgan fingerprint density at radius 2 is 1.50 bits per heavy atom. The van der Waals surface area contributed by atoms with Gasteiger partial charge in [0.05, 0.1) is 0 Å². The molecule has 8 heavy (non-hydrogen) atoms. The standard InChI is InChI=1S/C6H6O.Zr/c7-6-4-2-1-3-5-6;/h1-5,7H;. The Kier molecular flexibility index (Phi) is 3.80. The molecular formula is C6H6OZr. The predicted octanol–water partition coefficient (Wildman–Crippen LogP) is 1.39. The molecule has 1 rings (SSSR count). The molecule has 0 atom stereocenters. The fourth-order valence-electron chi connectivity index (χ4n) is 0.428. The minimum absolute atomic E-state index is 0. The number of hydrogen-bond donors (Lipinski definition) is 1. The first-order valence-corrected chi connectivity index (χ1v) is 2.13. The molecule has 0 aliphatic carbocycles. The second-order valence-corrected chi connectivity index (χ2v) is 1.34. The summed E-state index contributed by atoms with van der Waals surface area (Å²) in [5, 5.41) is 8.63. The monoisotopic (exact) mass is 184 g/mol. The van der Waals surface area contributed by atoms with E-state index in [4.69, 9.17) is 5.11 Å². The average molecular weight is 185 g/mol. The van der Waals surface area contributed by atoms with Crippen molar-refractivity contribution in [1.82, 2.24) is 0 Å². The number of phenols is 1. The molecule has 0 unspecified atom stereocenters. The van der Waals surface area contributed by atoms with Gasteiger partial charge in [-0.15, -0.1) is 0 Å². The minimum Gasteiger partial charge on any atom is -0.508 e. The second kappa shape index (κ2) is 3.85. The third-order valence-electron chi connectivity index (χ3n) is 0.756. The Bertz CT molecular complexity index is 138. The molecule has 0 fully saturated rings. The Morgan fingerprint density at radius 3 is 1.75 bits per heavy atom. The van der Waals surface area contributed by atoms with Gasteiger partial charge in [0.2, 0.25) is 0 Å². The van der Waals surface area contributed by atoms with Crippen molar-refractivity contribution in [3.8, 4) is 5.75 Å². The van der Waals surface area contributed by atoms with Gasteiger partial charge in [0, 0.05) is 26.2 Å². The van der Waals surface area contributed by atoms with Crippen LogP contribution >= 0.6 is 0 Å². The van der Waals surface area contributed by atoms with Gasteiger partial charge in [-0.25, -0.2) is 0 Å². The van der Waals surface area contributed by atoms with E-state index in [1.165, 1.54) is 0 Å². The van der Waals surface area contributed by atoms with Crippen LogP contribution in [0.1, 0.15) is 0 Å². The molecule has 0 saturated heterocycles. The van der Waals surface area contributed by atoms with Crippen LogP contribution in [-0.4, -0.2) is 5.11 Å². The molecular weight excluding hydrogens is 179 g/mol. The average Bonchev–Trinajstić information content (AvgIpc) is 1.69. The van der Waals surface area contributed by atoms with Crippen molar-refractivity contribution < 1.29 is 31.3 Å². The van der Waals surface area contributed by atoms with Crippen LogP contribution in [0.15, 0.2) is 30.3 Å². The zero-order valence-corrected chi connectivity index (χ0v) is 6.79. The van der Waals surface area contributed by atoms with Gasteiger partial charge in [-0.05, 0) is 12.1 Å². The summed E-state index contributed by atoms with van der Waals surface area (Å²) in [6.45, 7) is 0. The first kappa shape index (κ1) is 7.90. The summed E-state index contributed by atoms with van der Waals surface area (Å²) in [7, 11) is 0. The molecule has 1 N–H and O–H groups in total. The number of benzene rings is 1. The maximum Gasteiger partial charge on any atom is 0.115 e. The van der Waals surface area contributed by atoms with Gasteiger partial charge in [0.25, 0.3) is 0 Å². The molecule has 40 valence electrons. The van der Waals surface area contributed by atoms with Crippen molar-refractivity contribution in [3.63, 3.8) is 0 Å². The zero-order valence-electron chi connectivity index (χ0n) is 4.33. The molecule has 0 spiro atoms. The first-order chi connectivity index (χ1) is 3.39. The van der Waals surface area contributed by atoms with Gasteiger partial charge in [0.1, 0.15) is 5.75 Å². The molecule has 0 saturated carbocycles. The summed E-state index contributed by atoms with van der Waals surface area (Å²) < 4.78 is 0. The first-order valence-electron chi connectivity index (χ1n) is 2.13. The Balaban J connectivity index is 0.000000490. The van der Waals surface area contributed by atoms with Crippen molar-refractivity contribution >= 4 is 0 Å². The SMILES string of the molecule is Oc1ccccc1.[Zr]. The summed E-state index contributed by atoms with van der Waals surface area (Å²) in [6, 6.07) is 8.71. The molecule has 0 bridgehead atoms. The molecule has 0 heterocycles. The number of phenolic OH excluding ortho intramolecular Hbond substituents is 1. The number of aromatic hydroxyl groups is 1. The van der Waals surface area contributed by atoms with Crippen LogP contribution in [0.5, 0.6) is 5.75 Å². The number of para-hydroxylation sites is 1. The van der Waals surface area contributed by atoms with Crippen molar-refractivity contribution in [2.75, 3.05) is 0 Å². The maximum absolute atomic E-state index is 8.63. The Hall–Kier alpha value is -0.0969. The normalized spacial score (nSPS) is 7.50. The molecule has 0 radical (unpaired) electrons. The van der Waals surface area contributed by atoms with Crippen molar-refractivity contribution in [1.29, 1.82) is 0 Å². The topological polar surface area (TPSA) is 20.2 Å². The predicted molar refractivity (Wildman–Crippen MR) is 28.1 cm³/mol. The molecule has 1 aromatic carbocycles. The van der Waals surface area contributed by atoms with Gasteiger partial charge in [-0.3, -0.25) is 0 Å². The smallest absolute Gasteiger partial charge is 0.115 e. The van der Waals surface area contributed by atoms with E-state index in [2.05, 4.69) is 0 Å². The van der Waals surface area contributed by atoms with Gasteiger partial charge in [-0.1, -0.05) is 18.2 Å². The Morgan fingerprint density at radius 1 is 1.00 bits per heavy atom. The van der Waals surface area contributed by atoms with E-state index in [1.807, 2.05) is 6.07 Å². The Labute approximate surface area is 67.5 Å². The van der Waals surface area contributed by atoms with Crippen molar-refractivity contribution in [2.24, 2.45) is 0 Å². The molecule has 2 heteroatoms. The van der Waals surface area contributed by atoms with Crippen LogP contribution in [0.3, 0.4) is 0 Å². The number of rotatable bonds is 0. The van der Waals surface area contributed by atoms with Crippen LogP contribution in [0, 0.1) is 0 Å². The van der Waals surface area contributed by atoms with Gasteiger partial charge >= 0.3 is 0 Å². The van der Waals surface area contributed by atoms with Crippen LogP contribution < -0.4 is 0 Å². The van der Waals surface area contributed by atoms with E-state index >= 15 is 0 Å². The quantitative estimate of drug-likeness (QED) is 0.647. The van der Waals surface area contributed by atoms with E-state index in [0.29, 0.717) is 5.75 Å². The summed E-state index contributed by atoms with van der Waals surface area (Å²) in [5.41, 5.74) is 0. The molecule has 0 amide bonds. The molecule has 1 aromatic rings. The third-order valence-corrected chi connectivity index (χ3v) is 0.756. The van der Waals surface area contributed by atoms with Gasteiger partial charge in [-0.2, -0.15) is 0 Å². The van der Waals surface area contributed by atoms with Gasteiger partial charge in [0.15, 0.2) is 0 Å². The molecule has 1 nitrogen and oxygen atoms in total. The van der Waals surface area contributed by atoms with E-state index < -0.39 is 0 Å². The maximum atomic E-state index is 8.63. The van der Waals surface area contributed by atoms with E-state index in [9.17, 15) is 0 Å². The zero-order chi connectivity index (χ0) is 5.11. The summed E-state index contributed by atoms with van der Waals surface area (Å²) in [4.78, 5) is 0. The molecule has 0 aliphatic rings. The van der Waals surface area contributed by atoms with Crippen LogP contribution in [-0.2, 0) is 26.2 Å². The minimum atomic E-state index is 0. The fourth-order valence-corrected chi connectivity index (χ4v) is 0.428. The summed E-state index contributed by atoms with van der Waals surface area (Å²) >= 11 is 0. The van der Waals surface area contributed by atoms with Crippen LogP contribution in [0.2, 0.25) is 0 Å². The molecule has 0 aromatic heterocycles. The van der Waals surface area contributed by atoms with Crippen LogP contribution in [0.4, 0.5) is 0 Å². The summed E-state index contributed by atoms with van der Waals surface area (Å²) in [5.74, 6) is 0.322. The van der Waals surface area contributed by atoms with E-state index in [0.717, 1.165) is 0 Å². The fraction of sp³-hybridized carbons (Fsp3) is 0. The largest absolute Gasteiger partial charge is 0.508 e. The van der Waals surface area contributed by atoms with Crippen molar-refractivity contribution in [2.45, 2.75) is 0 Å².